The standard InChI is InChI=1S/C14H17ClN2O2/c1-9-5-6-10(14(16)19)7-17(9)13-4-2-3-12(15)11(13)8-18/h2-4,8-10H,5-7H2,1H3,(H2,16,19). The van der Waals surface area contributed by atoms with Crippen LogP contribution in [0.5, 0.6) is 0 Å². The van der Waals surface area contributed by atoms with Gasteiger partial charge >= 0.3 is 0 Å². The van der Waals surface area contributed by atoms with Gasteiger partial charge < -0.3 is 10.6 Å². The average molecular weight is 281 g/mol. The van der Waals surface area contributed by atoms with E-state index >= 15 is 0 Å². The molecule has 0 bridgehead atoms. The van der Waals surface area contributed by atoms with Gasteiger partial charge in [0.2, 0.25) is 5.91 Å². The van der Waals surface area contributed by atoms with Gasteiger partial charge in [0.25, 0.3) is 0 Å². The van der Waals surface area contributed by atoms with Gasteiger partial charge in [-0.2, -0.15) is 0 Å². The summed E-state index contributed by atoms with van der Waals surface area (Å²) in [4.78, 5) is 24.6. The zero-order valence-corrected chi connectivity index (χ0v) is 11.6. The van der Waals surface area contributed by atoms with Gasteiger partial charge in [0, 0.05) is 18.3 Å². The van der Waals surface area contributed by atoms with Gasteiger partial charge in [-0.1, -0.05) is 17.7 Å². The van der Waals surface area contributed by atoms with Crippen molar-refractivity contribution in [2.45, 2.75) is 25.8 Å². The van der Waals surface area contributed by atoms with Crippen LogP contribution in [0.2, 0.25) is 5.02 Å². The summed E-state index contributed by atoms with van der Waals surface area (Å²) in [5.41, 5.74) is 6.64. The van der Waals surface area contributed by atoms with Crippen molar-refractivity contribution in [3.8, 4) is 0 Å². The Morgan fingerprint density at radius 2 is 2.21 bits per heavy atom. The van der Waals surface area contributed by atoms with E-state index in [0.29, 0.717) is 17.1 Å². The number of piperidine rings is 1. The second-order valence-corrected chi connectivity index (χ2v) is 5.38. The molecule has 1 aromatic rings. The Kier molecular flexibility index (Phi) is 4.10. The smallest absolute Gasteiger partial charge is 0.222 e. The highest BCUT2D eigenvalue weighted by Gasteiger charge is 2.30. The number of halogens is 1. The molecule has 4 nitrogen and oxygen atoms in total. The molecule has 1 amide bonds. The predicted molar refractivity (Wildman–Crippen MR) is 75.6 cm³/mol. The summed E-state index contributed by atoms with van der Waals surface area (Å²) in [7, 11) is 0. The van der Waals surface area contributed by atoms with Crippen LogP contribution in [0.4, 0.5) is 5.69 Å². The van der Waals surface area contributed by atoms with Gasteiger partial charge in [0.1, 0.15) is 0 Å². The van der Waals surface area contributed by atoms with E-state index in [1.165, 1.54) is 0 Å². The number of carbonyl (C=O) groups excluding carboxylic acids is 2. The number of hydrogen-bond donors (Lipinski definition) is 1. The summed E-state index contributed by atoms with van der Waals surface area (Å²) >= 11 is 6.05. The highest BCUT2D eigenvalue weighted by molar-refractivity contribution is 6.33. The Hall–Kier alpha value is -1.55. The van der Waals surface area contributed by atoms with Gasteiger partial charge in [-0.15, -0.1) is 0 Å². The molecule has 1 fully saturated rings. The molecule has 2 unspecified atom stereocenters. The highest BCUT2D eigenvalue weighted by atomic mass is 35.5. The third-order valence-corrected chi connectivity index (χ3v) is 4.07. The molecule has 1 aliphatic heterocycles. The molecule has 0 radical (unpaired) electrons. The second kappa shape index (κ2) is 5.61. The molecule has 19 heavy (non-hydrogen) atoms. The number of carbonyl (C=O) groups is 2. The van der Waals surface area contributed by atoms with E-state index < -0.39 is 0 Å². The fraction of sp³-hybridized carbons (Fsp3) is 0.429. The van der Waals surface area contributed by atoms with Crippen LogP contribution in [0.25, 0.3) is 0 Å². The maximum Gasteiger partial charge on any atom is 0.222 e. The number of benzene rings is 1. The van der Waals surface area contributed by atoms with E-state index in [9.17, 15) is 9.59 Å². The summed E-state index contributed by atoms with van der Waals surface area (Å²) in [6.45, 7) is 2.62. The molecule has 1 heterocycles. The lowest BCUT2D eigenvalue weighted by Gasteiger charge is -2.39. The molecular formula is C14H17ClN2O2. The van der Waals surface area contributed by atoms with Crippen molar-refractivity contribution >= 4 is 29.5 Å². The van der Waals surface area contributed by atoms with Crippen LogP contribution < -0.4 is 10.6 Å². The Bertz CT molecular complexity index is 504. The third-order valence-electron chi connectivity index (χ3n) is 3.74. The number of primary amides is 1. The van der Waals surface area contributed by atoms with Crippen molar-refractivity contribution < 1.29 is 9.59 Å². The van der Waals surface area contributed by atoms with Gasteiger partial charge in [-0.05, 0) is 31.9 Å². The van der Waals surface area contributed by atoms with Crippen LogP contribution in [0.1, 0.15) is 30.1 Å². The minimum atomic E-state index is -0.286. The summed E-state index contributed by atoms with van der Waals surface area (Å²) in [6, 6.07) is 5.61. The molecule has 2 N–H and O–H groups in total. The minimum Gasteiger partial charge on any atom is -0.369 e. The number of aldehydes is 1. The first-order valence-corrected chi connectivity index (χ1v) is 6.72. The van der Waals surface area contributed by atoms with Crippen molar-refractivity contribution in [1.29, 1.82) is 0 Å². The van der Waals surface area contributed by atoms with Crippen molar-refractivity contribution in [3.63, 3.8) is 0 Å². The molecule has 5 heteroatoms. The minimum absolute atomic E-state index is 0.172. The number of hydrogen-bond acceptors (Lipinski definition) is 3. The lowest BCUT2D eigenvalue weighted by Crippen LogP contribution is -2.46. The summed E-state index contributed by atoms with van der Waals surface area (Å²) in [5, 5.41) is 0.431. The van der Waals surface area contributed by atoms with Crippen molar-refractivity contribution in [3.05, 3.63) is 28.8 Å². The Labute approximate surface area is 117 Å². The molecule has 1 saturated heterocycles. The van der Waals surface area contributed by atoms with E-state index in [4.69, 9.17) is 17.3 Å². The van der Waals surface area contributed by atoms with E-state index in [2.05, 4.69) is 11.8 Å². The van der Waals surface area contributed by atoms with Gasteiger partial charge in [0.15, 0.2) is 6.29 Å². The Morgan fingerprint density at radius 1 is 1.47 bits per heavy atom. The maximum absolute atomic E-state index is 11.4. The van der Waals surface area contributed by atoms with Crippen molar-refractivity contribution in [2.75, 3.05) is 11.4 Å². The molecule has 0 aliphatic carbocycles. The van der Waals surface area contributed by atoms with Crippen LogP contribution in [0, 0.1) is 5.92 Å². The number of nitrogens with zero attached hydrogens (tertiary/aromatic N) is 1. The largest absolute Gasteiger partial charge is 0.369 e. The normalized spacial score (nSPS) is 23.2. The fourth-order valence-corrected chi connectivity index (χ4v) is 2.78. The van der Waals surface area contributed by atoms with Crippen LogP contribution in [0.3, 0.4) is 0 Å². The van der Waals surface area contributed by atoms with Crippen LogP contribution in [0.15, 0.2) is 18.2 Å². The lowest BCUT2D eigenvalue weighted by molar-refractivity contribution is -0.122. The van der Waals surface area contributed by atoms with E-state index in [0.717, 1.165) is 24.8 Å². The fourth-order valence-electron chi connectivity index (χ4n) is 2.57. The quantitative estimate of drug-likeness (QED) is 0.864. The molecule has 1 aliphatic rings. The number of rotatable bonds is 3. The maximum atomic E-state index is 11.4. The predicted octanol–water partition coefficient (Wildman–Crippen LogP) is 2.24. The summed E-state index contributed by atoms with van der Waals surface area (Å²) in [5.74, 6) is -0.457. The van der Waals surface area contributed by atoms with E-state index in [-0.39, 0.29) is 17.9 Å². The molecule has 0 spiro atoms. The average Bonchev–Trinajstić information content (AvgIpc) is 2.38. The third kappa shape index (κ3) is 2.73. The monoisotopic (exact) mass is 280 g/mol. The van der Waals surface area contributed by atoms with Crippen molar-refractivity contribution in [2.24, 2.45) is 11.7 Å². The SMILES string of the molecule is CC1CCC(C(N)=O)CN1c1cccc(Cl)c1C=O. The van der Waals surface area contributed by atoms with Gasteiger partial charge in [-0.3, -0.25) is 9.59 Å². The number of amides is 1. The van der Waals surface area contributed by atoms with Crippen LogP contribution in [-0.2, 0) is 4.79 Å². The molecule has 0 aromatic heterocycles. The lowest BCUT2D eigenvalue weighted by atomic mass is 9.92. The topological polar surface area (TPSA) is 63.4 Å². The number of nitrogens with two attached hydrogens (primary N) is 1. The summed E-state index contributed by atoms with van der Waals surface area (Å²) in [6.07, 6.45) is 2.43. The molecule has 2 atom stereocenters. The first-order chi connectivity index (χ1) is 9.04. The Balaban J connectivity index is 2.36. The van der Waals surface area contributed by atoms with E-state index in [1.54, 1.807) is 6.07 Å². The molecule has 2 rings (SSSR count). The highest BCUT2D eigenvalue weighted by Crippen LogP contribution is 2.32. The zero-order chi connectivity index (χ0) is 14.0. The summed E-state index contributed by atoms with van der Waals surface area (Å²) < 4.78 is 0. The first kappa shape index (κ1) is 13.9. The van der Waals surface area contributed by atoms with Crippen LogP contribution >= 0.6 is 11.6 Å². The van der Waals surface area contributed by atoms with Gasteiger partial charge in [0.05, 0.1) is 16.5 Å². The molecule has 1 aromatic carbocycles. The second-order valence-electron chi connectivity index (χ2n) is 4.97. The van der Waals surface area contributed by atoms with E-state index in [1.807, 2.05) is 12.1 Å². The molecule has 102 valence electrons. The molecule has 0 saturated carbocycles. The van der Waals surface area contributed by atoms with Gasteiger partial charge in [-0.25, -0.2) is 0 Å². The Morgan fingerprint density at radius 3 is 2.84 bits per heavy atom. The van der Waals surface area contributed by atoms with Crippen LogP contribution in [-0.4, -0.2) is 24.8 Å². The van der Waals surface area contributed by atoms with Crippen molar-refractivity contribution in [1.82, 2.24) is 0 Å². The number of anilines is 1. The zero-order valence-electron chi connectivity index (χ0n) is 10.8. The first-order valence-electron chi connectivity index (χ1n) is 6.34. The molecular weight excluding hydrogens is 264 g/mol.